The monoisotopic (exact) mass is 275 g/mol. The summed E-state index contributed by atoms with van der Waals surface area (Å²) >= 11 is 3.41. The summed E-state index contributed by atoms with van der Waals surface area (Å²) in [5, 5.41) is 0. The van der Waals surface area contributed by atoms with E-state index in [-0.39, 0.29) is 0 Å². The highest BCUT2D eigenvalue weighted by atomic mass is 79.9. The zero-order valence-electron chi connectivity index (χ0n) is 8.75. The molecule has 0 aliphatic rings. The standard InChI is InChI=1S/C10H14BrNO3/c1-13-8-5-7(3-4-15-12)10(14-2)9(11)6-8/h5-6H,3-4,12H2,1-2H3. The molecular weight excluding hydrogens is 262 g/mol. The summed E-state index contributed by atoms with van der Waals surface area (Å²) in [5.41, 5.74) is 0.995. The van der Waals surface area contributed by atoms with Crippen molar-refractivity contribution in [2.75, 3.05) is 20.8 Å². The maximum atomic E-state index is 5.27. The summed E-state index contributed by atoms with van der Waals surface area (Å²) in [4.78, 5) is 4.55. The van der Waals surface area contributed by atoms with Gasteiger partial charge in [0.05, 0.1) is 25.3 Å². The minimum atomic E-state index is 0.440. The van der Waals surface area contributed by atoms with Crippen LogP contribution in [-0.2, 0) is 11.3 Å². The lowest BCUT2D eigenvalue weighted by Gasteiger charge is -2.12. The number of hydrogen-bond acceptors (Lipinski definition) is 4. The van der Waals surface area contributed by atoms with E-state index < -0.39 is 0 Å². The van der Waals surface area contributed by atoms with Gasteiger partial charge in [0.15, 0.2) is 0 Å². The van der Waals surface area contributed by atoms with Gasteiger partial charge >= 0.3 is 0 Å². The first-order valence-corrected chi connectivity index (χ1v) is 5.24. The second kappa shape index (κ2) is 5.95. The summed E-state index contributed by atoms with van der Waals surface area (Å²) in [6.07, 6.45) is 0.676. The second-order valence-electron chi connectivity index (χ2n) is 2.92. The lowest BCUT2D eigenvalue weighted by Crippen LogP contribution is -2.05. The zero-order chi connectivity index (χ0) is 11.3. The molecule has 0 saturated heterocycles. The van der Waals surface area contributed by atoms with E-state index in [4.69, 9.17) is 15.4 Å². The van der Waals surface area contributed by atoms with E-state index >= 15 is 0 Å². The van der Waals surface area contributed by atoms with Crippen molar-refractivity contribution in [1.29, 1.82) is 0 Å². The molecule has 2 N–H and O–H groups in total. The van der Waals surface area contributed by atoms with E-state index in [1.165, 1.54) is 0 Å². The molecule has 0 unspecified atom stereocenters. The summed E-state index contributed by atoms with van der Waals surface area (Å²) in [5.74, 6) is 6.55. The normalized spacial score (nSPS) is 10.1. The number of benzene rings is 1. The van der Waals surface area contributed by atoms with Crippen molar-refractivity contribution in [2.24, 2.45) is 5.90 Å². The molecule has 4 nitrogen and oxygen atoms in total. The van der Waals surface area contributed by atoms with Crippen LogP contribution in [0.15, 0.2) is 16.6 Å². The molecule has 0 atom stereocenters. The number of nitrogens with two attached hydrogens (primary N) is 1. The minimum absolute atomic E-state index is 0.440. The Bertz CT molecular complexity index is 331. The van der Waals surface area contributed by atoms with Crippen LogP contribution >= 0.6 is 15.9 Å². The third-order valence-corrected chi connectivity index (χ3v) is 2.61. The van der Waals surface area contributed by atoms with E-state index in [9.17, 15) is 0 Å². The van der Waals surface area contributed by atoms with Crippen LogP contribution in [0.1, 0.15) is 5.56 Å². The average Bonchev–Trinajstić information content (AvgIpc) is 2.25. The Morgan fingerprint density at radius 2 is 2.00 bits per heavy atom. The van der Waals surface area contributed by atoms with Gasteiger partial charge in [-0.3, -0.25) is 0 Å². The van der Waals surface area contributed by atoms with E-state index in [0.717, 1.165) is 21.5 Å². The molecule has 1 rings (SSSR count). The lowest BCUT2D eigenvalue weighted by atomic mass is 10.1. The van der Waals surface area contributed by atoms with E-state index in [1.807, 2.05) is 12.1 Å². The van der Waals surface area contributed by atoms with Crippen LogP contribution in [0.5, 0.6) is 11.5 Å². The fraction of sp³-hybridized carbons (Fsp3) is 0.400. The molecule has 1 aromatic carbocycles. The summed E-state index contributed by atoms with van der Waals surface area (Å²) in [6, 6.07) is 3.76. The quantitative estimate of drug-likeness (QED) is 0.834. The van der Waals surface area contributed by atoms with Gasteiger partial charge in [0.1, 0.15) is 11.5 Å². The minimum Gasteiger partial charge on any atom is -0.497 e. The maximum Gasteiger partial charge on any atom is 0.136 e. The molecule has 0 aliphatic carbocycles. The third kappa shape index (κ3) is 3.09. The molecule has 84 valence electrons. The highest BCUT2D eigenvalue weighted by Crippen LogP contribution is 2.33. The molecule has 0 aromatic heterocycles. The van der Waals surface area contributed by atoms with Gasteiger partial charge in [0, 0.05) is 12.0 Å². The topological polar surface area (TPSA) is 53.7 Å². The SMILES string of the molecule is COc1cc(Br)c(OC)c(CCON)c1. The van der Waals surface area contributed by atoms with Crippen LogP contribution in [0.2, 0.25) is 0 Å². The summed E-state index contributed by atoms with van der Waals surface area (Å²) in [6.45, 7) is 0.440. The van der Waals surface area contributed by atoms with Crippen LogP contribution in [0, 0.1) is 0 Å². The van der Waals surface area contributed by atoms with Gasteiger partial charge in [-0.05, 0) is 28.1 Å². The number of methoxy groups -OCH3 is 2. The Morgan fingerprint density at radius 1 is 1.27 bits per heavy atom. The van der Waals surface area contributed by atoms with Crippen molar-refractivity contribution in [1.82, 2.24) is 0 Å². The number of ether oxygens (including phenoxy) is 2. The Morgan fingerprint density at radius 3 is 2.53 bits per heavy atom. The van der Waals surface area contributed by atoms with Crippen molar-refractivity contribution in [3.63, 3.8) is 0 Å². The van der Waals surface area contributed by atoms with Crippen LogP contribution in [0.3, 0.4) is 0 Å². The Labute approximate surface area is 97.4 Å². The Balaban J connectivity index is 3.02. The van der Waals surface area contributed by atoms with Crippen LogP contribution in [0.4, 0.5) is 0 Å². The summed E-state index contributed by atoms with van der Waals surface area (Å²) in [7, 11) is 3.25. The van der Waals surface area contributed by atoms with Gasteiger partial charge in [-0.2, -0.15) is 0 Å². The van der Waals surface area contributed by atoms with Gasteiger partial charge in [0.25, 0.3) is 0 Å². The lowest BCUT2D eigenvalue weighted by molar-refractivity contribution is 0.140. The first-order valence-electron chi connectivity index (χ1n) is 4.45. The Hall–Kier alpha value is -0.780. The number of hydrogen-bond donors (Lipinski definition) is 1. The maximum absolute atomic E-state index is 5.27. The highest BCUT2D eigenvalue weighted by Gasteiger charge is 2.10. The largest absolute Gasteiger partial charge is 0.497 e. The van der Waals surface area contributed by atoms with Gasteiger partial charge in [0.2, 0.25) is 0 Å². The molecule has 5 heteroatoms. The number of halogens is 1. The van der Waals surface area contributed by atoms with Gasteiger partial charge < -0.3 is 14.3 Å². The van der Waals surface area contributed by atoms with Crippen molar-refractivity contribution >= 4 is 15.9 Å². The smallest absolute Gasteiger partial charge is 0.136 e. The molecular formula is C10H14BrNO3. The highest BCUT2D eigenvalue weighted by molar-refractivity contribution is 9.10. The van der Waals surface area contributed by atoms with Crippen molar-refractivity contribution in [3.8, 4) is 11.5 Å². The first-order chi connectivity index (χ1) is 7.22. The van der Waals surface area contributed by atoms with Crippen LogP contribution in [0.25, 0.3) is 0 Å². The fourth-order valence-electron chi connectivity index (χ4n) is 1.32. The molecule has 1 aromatic rings. The van der Waals surface area contributed by atoms with Crippen molar-refractivity contribution < 1.29 is 14.3 Å². The van der Waals surface area contributed by atoms with E-state index in [0.29, 0.717) is 13.0 Å². The second-order valence-corrected chi connectivity index (χ2v) is 3.78. The van der Waals surface area contributed by atoms with Crippen molar-refractivity contribution in [2.45, 2.75) is 6.42 Å². The predicted octanol–water partition coefficient (Wildman–Crippen LogP) is 1.90. The zero-order valence-corrected chi connectivity index (χ0v) is 10.3. The average molecular weight is 276 g/mol. The fourth-order valence-corrected chi connectivity index (χ4v) is 1.97. The molecule has 0 amide bonds. The molecule has 0 radical (unpaired) electrons. The summed E-state index contributed by atoms with van der Waals surface area (Å²) < 4.78 is 11.3. The van der Waals surface area contributed by atoms with Crippen LogP contribution in [-0.4, -0.2) is 20.8 Å². The van der Waals surface area contributed by atoms with Gasteiger partial charge in [-0.15, -0.1) is 0 Å². The van der Waals surface area contributed by atoms with E-state index in [2.05, 4.69) is 20.8 Å². The van der Waals surface area contributed by atoms with Crippen LogP contribution < -0.4 is 15.4 Å². The molecule has 0 fully saturated rings. The molecule has 0 saturated carbocycles. The number of rotatable bonds is 5. The molecule has 0 spiro atoms. The van der Waals surface area contributed by atoms with Crippen molar-refractivity contribution in [3.05, 3.63) is 22.2 Å². The molecule has 0 aliphatic heterocycles. The molecule has 0 bridgehead atoms. The first kappa shape index (κ1) is 12.3. The van der Waals surface area contributed by atoms with Gasteiger partial charge in [-0.25, -0.2) is 5.90 Å². The predicted molar refractivity (Wildman–Crippen MR) is 61.1 cm³/mol. The van der Waals surface area contributed by atoms with Gasteiger partial charge in [-0.1, -0.05) is 0 Å². The molecule has 0 heterocycles. The molecule has 15 heavy (non-hydrogen) atoms. The third-order valence-electron chi connectivity index (χ3n) is 2.02. The van der Waals surface area contributed by atoms with E-state index in [1.54, 1.807) is 14.2 Å². The Kier molecular flexibility index (Phi) is 4.87.